The van der Waals surface area contributed by atoms with Crippen LogP contribution in [0.15, 0.2) is 0 Å². The van der Waals surface area contributed by atoms with Crippen molar-refractivity contribution in [2.24, 2.45) is 0 Å². The van der Waals surface area contributed by atoms with Crippen LogP contribution in [0.5, 0.6) is 0 Å². The summed E-state index contributed by atoms with van der Waals surface area (Å²) in [5, 5.41) is -2.57. The Hall–Kier alpha value is 1.96. The van der Waals surface area contributed by atoms with Crippen molar-refractivity contribution in [1.82, 2.24) is 0 Å². The molecule has 0 amide bonds. The second-order valence-corrected chi connectivity index (χ2v) is 3.79. The van der Waals surface area contributed by atoms with Gasteiger partial charge in [-0.05, 0) is 0 Å². The van der Waals surface area contributed by atoms with Gasteiger partial charge < -0.3 is 14.1 Å². The van der Waals surface area contributed by atoms with Crippen LogP contribution in [-0.4, -0.2) is 25.2 Å². The fraction of sp³-hybridized carbons (Fsp3) is 1.00. The summed E-state index contributed by atoms with van der Waals surface area (Å²) in [6.07, 6.45) is 0. The fourth-order valence-electron chi connectivity index (χ4n) is 0.369. The van der Waals surface area contributed by atoms with Gasteiger partial charge in [0.15, 0.2) is 0 Å². The number of hydrogen-bond acceptors (Lipinski definition) is 5. The van der Waals surface area contributed by atoms with Crippen LogP contribution < -0.4 is 64.4 Å². The van der Waals surface area contributed by atoms with E-state index < -0.39 is 39.6 Å². The van der Waals surface area contributed by atoms with E-state index in [0.717, 1.165) is 0 Å². The first-order valence-electron chi connectivity index (χ1n) is 2.71. The molecule has 0 N–H and O–H groups in total. The zero-order valence-electron chi connectivity index (χ0n) is 8.22. The van der Waals surface area contributed by atoms with Gasteiger partial charge in [-0.1, -0.05) is 0 Å². The van der Waals surface area contributed by atoms with Crippen LogP contribution in [0.4, 0.5) is 26.3 Å². The van der Waals surface area contributed by atoms with Crippen molar-refractivity contribution in [2.75, 3.05) is 0 Å². The van der Waals surface area contributed by atoms with E-state index in [1.165, 1.54) is 0 Å². The van der Waals surface area contributed by atoms with Gasteiger partial charge >= 0.3 is 75.5 Å². The average molecular weight is 324 g/mol. The summed E-state index contributed by atoms with van der Waals surface area (Å²) in [5.41, 5.74) is 0. The van der Waals surface area contributed by atoms with Crippen molar-refractivity contribution in [3.63, 3.8) is 0 Å². The van der Waals surface area contributed by atoms with Crippen molar-refractivity contribution in [3.05, 3.63) is 0 Å². The second kappa shape index (κ2) is 8.29. The van der Waals surface area contributed by atoms with E-state index in [2.05, 4.69) is 4.33 Å². The van der Waals surface area contributed by atoms with Gasteiger partial charge in [0.25, 0.3) is 0 Å². The largest absolute Gasteiger partial charge is 1.00 e. The van der Waals surface area contributed by atoms with Crippen LogP contribution in [0.2, 0.25) is 0 Å². The van der Waals surface area contributed by atoms with E-state index in [4.69, 9.17) is 5.26 Å². The smallest absolute Gasteiger partial charge is 0.768 e. The third-order valence-corrected chi connectivity index (χ3v) is 2.29. The minimum absolute atomic E-state index is 0. The van der Waals surface area contributed by atoms with Gasteiger partial charge in [-0.25, -0.2) is 0 Å². The van der Waals surface area contributed by atoms with Crippen molar-refractivity contribution in [3.8, 4) is 0 Å². The Morgan fingerprint density at radius 1 is 1.06 bits per heavy atom. The maximum Gasteiger partial charge on any atom is 1.00 e. The number of hydrogen-bond donors (Lipinski definition) is 0. The molecule has 0 aromatic carbocycles. The summed E-state index contributed by atoms with van der Waals surface area (Å²) in [4.78, 5) is 0. The average Bonchev–Trinajstić information content (AvgIpc) is 2.02. The van der Waals surface area contributed by atoms with Gasteiger partial charge in [-0.15, -0.1) is 0 Å². The number of halogens is 6. The molecular weight excluding hydrogens is 324 g/mol. The molecule has 0 spiro atoms. The Kier molecular flexibility index (Phi) is 11.7. The Morgan fingerprint density at radius 2 is 1.41 bits per heavy atom. The molecule has 0 heterocycles. The van der Waals surface area contributed by atoms with E-state index in [-0.39, 0.29) is 59.1 Å². The summed E-state index contributed by atoms with van der Waals surface area (Å²) in [6.45, 7) is 0. The summed E-state index contributed by atoms with van der Waals surface area (Å²) < 4.78 is 94.7. The van der Waals surface area contributed by atoms with Crippen LogP contribution in [0, 0.1) is 0 Å². The summed E-state index contributed by atoms with van der Waals surface area (Å²) in [5.74, 6) is -6.28. The van der Waals surface area contributed by atoms with Crippen molar-refractivity contribution in [2.45, 2.75) is 16.4 Å². The van der Waals surface area contributed by atoms with Gasteiger partial charge in [-0.2, -0.15) is 26.3 Å². The molecule has 1 atom stereocenters. The minimum atomic E-state index is -6.28. The first-order chi connectivity index (χ1) is 6.50. The third kappa shape index (κ3) is 5.10. The summed E-state index contributed by atoms with van der Waals surface area (Å²) >= 11 is -6.59. The summed E-state index contributed by atoms with van der Waals surface area (Å²) in [6, 6.07) is 0. The molecule has 0 aromatic heterocycles. The minimum Gasteiger partial charge on any atom is -0.768 e. The molecule has 0 aromatic rings. The quantitative estimate of drug-likeness (QED) is 0.126. The first-order valence-corrected chi connectivity index (χ1v) is 4.53. The molecule has 92 valence electrons. The Labute approximate surface area is 142 Å². The predicted octanol–water partition coefficient (Wildman–Crippen LogP) is -5.37. The van der Waals surface area contributed by atoms with Gasteiger partial charge in [-0.3, -0.25) is 4.21 Å². The topological polar surface area (TPSA) is 72.4 Å². The monoisotopic (exact) mass is 324 g/mol. The van der Waals surface area contributed by atoms with Gasteiger partial charge in [0.1, 0.15) is 0 Å². The molecule has 17 heavy (non-hydrogen) atoms. The molecular formula is C3F6Na2O4S2. The zero-order chi connectivity index (χ0) is 12.5. The van der Waals surface area contributed by atoms with Gasteiger partial charge in [0.05, 0.1) is 12.0 Å². The van der Waals surface area contributed by atoms with Crippen LogP contribution in [0.3, 0.4) is 0 Å². The third-order valence-electron chi connectivity index (χ3n) is 1.08. The molecule has 0 radical (unpaired) electrons. The normalized spacial score (nSPS) is 14.6. The predicted molar refractivity (Wildman–Crippen MR) is 32.4 cm³/mol. The Morgan fingerprint density at radius 3 is 1.65 bits per heavy atom. The van der Waals surface area contributed by atoms with Gasteiger partial charge in [0, 0.05) is 11.1 Å². The van der Waals surface area contributed by atoms with Crippen LogP contribution in [-0.2, 0) is 15.4 Å². The van der Waals surface area contributed by atoms with Crippen molar-refractivity contribution in [1.29, 1.82) is 0 Å². The van der Waals surface area contributed by atoms with Gasteiger partial charge in [0.2, 0.25) is 0 Å². The Bertz CT molecular complexity index is 266. The zero-order valence-corrected chi connectivity index (χ0v) is 13.9. The Balaban J connectivity index is -0.000000980. The molecule has 1 unspecified atom stereocenters. The molecule has 0 fully saturated rings. The molecule has 0 aliphatic heterocycles. The fourth-order valence-corrected chi connectivity index (χ4v) is 1.09. The maximum atomic E-state index is 12.3. The molecule has 0 rings (SSSR count). The van der Waals surface area contributed by atoms with Crippen LogP contribution >= 0.6 is 12.0 Å². The molecule has 0 aliphatic carbocycles. The van der Waals surface area contributed by atoms with E-state index in [0.29, 0.717) is 0 Å². The summed E-state index contributed by atoms with van der Waals surface area (Å²) in [7, 11) is 0. The molecule has 0 bridgehead atoms. The maximum absolute atomic E-state index is 12.3. The van der Waals surface area contributed by atoms with Crippen LogP contribution in [0.25, 0.3) is 0 Å². The van der Waals surface area contributed by atoms with E-state index in [1.807, 2.05) is 0 Å². The standard InChI is InChI=1S/C3H2F6O4S2.2Na/c4-1(5,2(6,7)14-13-10)3(8,9)15(11)12;;/h10H,(H,11,12);;/q;2*+1/p-2. The SMILES string of the molecule is O=S([O-])C(F)(F)C(F)(F)C(F)(F)SO[O-].[Na+].[Na+]. The first kappa shape index (κ1) is 24.0. The van der Waals surface area contributed by atoms with E-state index in [9.17, 15) is 35.1 Å². The van der Waals surface area contributed by atoms with Crippen LogP contribution in [0.1, 0.15) is 0 Å². The molecule has 4 nitrogen and oxygen atoms in total. The second-order valence-electron chi connectivity index (χ2n) is 1.99. The molecule has 0 saturated carbocycles. The van der Waals surface area contributed by atoms with Crippen molar-refractivity contribution >= 4 is 23.1 Å². The number of alkyl halides is 6. The van der Waals surface area contributed by atoms with E-state index in [1.54, 1.807) is 0 Å². The van der Waals surface area contributed by atoms with E-state index >= 15 is 0 Å². The molecule has 0 saturated heterocycles. The molecule has 0 aliphatic rings. The molecule has 14 heteroatoms. The van der Waals surface area contributed by atoms with Crippen molar-refractivity contribution < 1.29 is 104 Å². The number of rotatable bonds is 5.